The summed E-state index contributed by atoms with van der Waals surface area (Å²) in [5, 5.41) is 8.65. The number of anilines is 1. The highest BCUT2D eigenvalue weighted by Gasteiger charge is 2.14. The molecule has 0 spiro atoms. The van der Waals surface area contributed by atoms with Crippen molar-refractivity contribution in [2.24, 2.45) is 7.05 Å². The normalized spacial score (nSPS) is 16.4. The third-order valence-electron chi connectivity index (χ3n) is 2.87. The molecule has 1 fully saturated rings. The van der Waals surface area contributed by atoms with Gasteiger partial charge >= 0.3 is 0 Å². The van der Waals surface area contributed by atoms with E-state index in [1.54, 1.807) is 11.3 Å². The zero-order valence-corrected chi connectivity index (χ0v) is 10.6. The maximum absolute atomic E-state index is 4.51. The molecule has 90 valence electrons. The molecule has 17 heavy (non-hydrogen) atoms. The van der Waals surface area contributed by atoms with Crippen LogP contribution in [0.4, 0.5) is 5.13 Å². The van der Waals surface area contributed by atoms with Gasteiger partial charge in [-0.15, -0.1) is 0 Å². The molecule has 0 aliphatic carbocycles. The summed E-state index contributed by atoms with van der Waals surface area (Å²) >= 11 is 1.74. The summed E-state index contributed by atoms with van der Waals surface area (Å²) in [5.41, 5.74) is 1.14. The van der Waals surface area contributed by atoms with E-state index in [1.807, 2.05) is 30.3 Å². The lowest BCUT2D eigenvalue weighted by molar-refractivity contribution is 0.588. The van der Waals surface area contributed by atoms with Crippen LogP contribution < -0.4 is 10.2 Å². The molecule has 0 radical (unpaired) electrons. The second kappa shape index (κ2) is 4.46. The molecule has 6 heteroatoms. The predicted molar refractivity (Wildman–Crippen MR) is 69.4 cm³/mol. The van der Waals surface area contributed by atoms with Crippen molar-refractivity contribution in [2.45, 2.75) is 0 Å². The first-order valence-corrected chi connectivity index (χ1v) is 6.55. The fourth-order valence-corrected chi connectivity index (χ4v) is 2.89. The predicted octanol–water partition coefficient (Wildman–Crippen LogP) is 0.953. The van der Waals surface area contributed by atoms with Crippen molar-refractivity contribution in [3.8, 4) is 10.4 Å². The fourth-order valence-electron chi connectivity index (χ4n) is 1.95. The van der Waals surface area contributed by atoms with Gasteiger partial charge in [-0.1, -0.05) is 11.3 Å². The molecule has 0 bridgehead atoms. The van der Waals surface area contributed by atoms with Crippen LogP contribution >= 0.6 is 11.3 Å². The van der Waals surface area contributed by atoms with Crippen LogP contribution in [-0.2, 0) is 7.05 Å². The minimum absolute atomic E-state index is 1.04. The van der Waals surface area contributed by atoms with Gasteiger partial charge in [0.05, 0.1) is 11.1 Å². The Kier molecular flexibility index (Phi) is 2.82. The summed E-state index contributed by atoms with van der Waals surface area (Å²) in [7, 11) is 1.93. The van der Waals surface area contributed by atoms with Gasteiger partial charge in [-0.3, -0.25) is 4.68 Å². The SMILES string of the molecule is Cn1cc(-c2cnc(N3CCNCC3)s2)cn1. The van der Waals surface area contributed by atoms with E-state index in [4.69, 9.17) is 0 Å². The molecular weight excluding hydrogens is 234 g/mol. The van der Waals surface area contributed by atoms with Gasteiger partial charge < -0.3 is 10.2 Å². The van der Waals surface area contributed by atoms with Gasteiger partial charge in [-0.25, -0.2) is 4.98 Å². The molecule has 5 nitrogen and oxygen atoms in total. The number of hydrogen-bond acceptors (Lipinski definition) is 5. The molecule has 1 N–H and O–H groups in total. The smallest absolute Gasteiger partial charge is 0.185 e. The highest BCUT2D eigenvalue weighted by Crippen LogP contribution is 2.30. The zero-order chi connectivity index (χ0) is 11.7. The minimum atomic E-state index is 1.04. The van der Waals surface area contributed by atoms with Crippen LogP contribution in [-0.4, -0.2) is 40.9 Å². The van der Waals surface area contributed by atoms with Crippen LogP contribution in [0.1, 0.15) is 0 Å². The van der Waals surface area contributed by atoms with Gasteiger partial charge in [0, 0.05) is 51.2 Å². The Morgan fingerprint density at radius 2 is 2.12 bits per heavy atom. The number of thiazole rings is 1. The molecule has 2 aromatic rings. The van der Waals surface area contributed by atoms with Gasteiger partial charge in [0.25, 0.3) is 0 Å². The third kappa shape index (κ3) is 2.18. The molecule has 0 amide bonds. The third-order valence-corrected chi connectivity index (χ3v) is 3.98. The Balaban J connectivity index is 1.82. The maximum atomic E-state index is 4.51. The minimum Gasteiger partial charge on any atom is -0.346 e. The number of nitrogens with zero attached hydrogens (tertiary/aromatic N) is 4. The topological polar surface area (TPSA) is 46.0 Å². The standard InChI is InChI=1S/C11H15N5S/c1-15-8-9(6-14-15)10-7-13-11(17-10)16-4-2-12-3-5-16/h6-8,12H,2-5H2,1H3. The first kappa shape index (κ1) is 10.7. The van der Waals surface area contributed by atoms with E-state index in [2.05, 4.69) is 20.3 Å². The van der Waals surface area contributed by atoms with Crippen molar-refractivity contribution in [1.82, 2.24) is 20.1 Å². The molecule has 1 saturated heterocycles. The summed E-state index contributed by atoms with van der Waals surface area (Å²) in [4.78, 5) is 8.03. The van der Waals surface area contributed by atoms with Gasteiger partial charge in [0.1, 0.15) is 0 Å². The molecule has 3 rings (SSSR count). The summed E-state index contributed by atoms with van der Waals surface area (Å²) < 4.78 is 1.82. The van der Waals surface area contributed by atoms with Crippen LogP contribution in [0.2, 0.25) is 0 Å². The molecule has 0 saturated carbocycles. The van der Waals surface area contributed by atoms with Crippen LogP contribution in [0.3, 0.4) is 0 Å². The van der Waals surface area contributed by atoms with E-state index < -0.39 is 0 Å². The number of nitrogens with one attached hydrogen (secondary N) is 1. The molecule has 0 unspecified atom stereocenters. The summed E-state index contributed by atoms with van der Waals surface area (Å²) in [6.45, 7) is 4.17. The number of aryl methyl sites for hydroxylation is 1. The van der Waals surface area contributed by atoms with Crippen LogP contribution in [0.25, 0.3) is 10.4 Å². The highest BCUT2D eigenvalue weighted by atomic mass is 32.1. The average Bonchev–Trinajstić information content (AvgIpc) is 2.98. The lowest BCUT2D eigenvalue weighted by Gasteiger charge is -2.26. The summed E-state index contributed by atoms with van der Waals surface area (Å²) in [6.07, 6.45) is 5.85. The van der Waals surface area contributed by atoms with Crippen molar-refractivity contribution >= 4 is 16.5 Å². The fraction of sp³-hybridized carbons (Fsp3) is 0.455. The van der Waals surface area contributed by atoms with E-state index in [0.29, 0.717) is 0 Å². The lowest BCUT2D eigenvalue weighted by Crippen LogP contribution is -2.43. The molecule has 1 aliphatic heterocycles. The quantitative estimate of drug-likeness (QED) is 0.861. The van der Waals surface area contributed by atoms with Crippen molar-refractivity contribution < 1.29 is 0 Å². The molecule has 2 aromatic heterocycles. The Morgan fingerprint density at radius 3 is 2.82 bits per heavy atom. The van der Waals surface area contributed by atoms with E-state index >= 15 is 0 Å². The van der Waals surface area contributed by atoms with Crippen molar-refractivity contribution in [3.63, 3.8) is 0 Å². The number of piperazine rings is 1. The highest BCUT2D eigenvalue weighted by molar-refractivity contribution is 7.18. The van der Waals surface area contributed by atoms with Crippen molar-refractivity contribution in [1.29, 1.82) is 0 Å². The number of aromatic nitrogens is 3. The van der Waals surface area contributed by atoms with Gasteiger partial charge in [0.15, 0.2) is 5.13 Å². The van der Waals surface area contributed by atoms with Crippen LogP contribution in [0.5, 0.6) is 0 Å². The summed E-state index contributed by atoms with van der Waals surface area (Å²) in [5.74, 6) is 0. The van der Waals surface area contributed by atoms with Crippen molar-refractivity contribution in [3.05, 3.63) is 18.6 Å². The largest absolute Gasteiger partial charge is 0.346 e. The zero-order valence-electron chi connectivity index (χ0n) is 9.76. The monoisotopic (exact) mass is 249 g/mol. The van der Waals surface area contributed by atoms with E-state index in [-0.39, 0.29) is 0 Å². The van der Waals surface area contributed by atoms with Crippen molar-refractivity contribution in [2.75, 3.05) is 31.1 Å². The van der Waals surface area contributed by atoms with E-state index in [1.165, 1.54) is 4.88 Å². The van der Waals surface area contributed by atoms with Gasteiger partial charge in [0.2, 0.25) is 0 Å². The number of hydrogen-bond donors (Lipinski definition) is 1. The second-order valence-electron chi connectivity index (χ2n) is 4.15. The maximum Gasteiger partial charge on any atom is 0.185 e. The molecular formula is C11H15N5S. The van der Waals surface area contributed by atoms with Crippen LogP contribution in [0, 0.1) is 0 Å². The number of rotatable bonds is 2. The summed E-state index contributed by atoms with van der Waals surface area (Å²) in [6, 6.07) is 0. The first-order valence-electron chi connectivity index (χ1n) is 5.73. The molecule has 0 aromatic carbocycles. The Labute approximate surface area is 104 Å². The lowest BCUT2D eigenvalue weighted by atomic mass is 10.3. The molecule has 3 heterocycles. The van der Waals surface area contributed by atoms with Gasteiger partial charge in [-0.05, 0) is 0 Å². The first-order chi connectivity index (χ1) is 8.33. The Hall–Kier alpha value is -1.40. The Morgan fingerprint density at radius 1 is 1.29 bits per heavy atom. The van der Waals surface area contributed by atoms with Crippen LogP contribution in [0.15, 0.2) is 18.6 Å². The Bertz CT molecular complexity index is 497. The van der Waals surface area contributed by atoms with Gasteiger partial charge in [-0.2, -0.15) is 5.10 Å². The second-order valence-corrected chi connectivity index (χ2v) is 5.16. The average molecular weight is 249 g/mol. The van der Waals surface area contributed by atoms with E-state index in [0.717, 1.165) is 36.9 Å². The molecule has 0 atom stereocenters. The van der Waals surface area contributed by atoms with E-state index in [9.17, 15) is 0 Å². The molecule has 1 aliphatic rings.